The average Bonchev–Trinajstić information content (AvgIpc) is 2.69. The van der Waals surface area contributed by atoms with Gasteiger partial charge in [0.1, 0.15) is 5.75 Å². The molecule has 0 aromatic heterocycles. The molecule has 2 aliphatic rings. The number of hydrogen-bond acceptors (Lipinski definition) is 4. The van der Waals surface area contributed by atoms with Crippen LogP contribution in [0, 0.1) is 0 Å². The van der Waals surface area contributed by atoms with Crippen LogP contribution in [0.25, 0.3) is 6.08 Å². The van der Waals surface area contributed by atoms with Crippen molar-refractivity contribution in [2.24, 2.45) is 0 Å². The highest BCUT2D eigenvalue weighted by Gasteiger charge is 2.19. The van der Waals surface area contributed by atoms with Crippen molar-refractivity contribution < 1.29 is 9.53 Å². The van der Waals surface area contributed by atoms with E-state index in [1.807, 2.05) is 12.1 Å². The normalized spacial score (nSPS) is 17.2. The van der Waals surface area contributed by atoms with E-state index in [1.54, 1.807) is 0 Å². The van der Waals surface area contributed by atoms with Crippen LogP contribution >= 0.6 is 0 Å². The lowest BCUT2D eigenvalue weighted by Gasteiger charge is -2.36. The zero-order valence-corrected chi connectivity index (χ0v) is 15.9. The first kappa shape index (κ1) is 17.8. The third kappa shape index (κ3) is 4.40. The van der Waals surface area contributed by atoms with E-state index in [9.17, 15) is 4.79 Å². The summed E-state index contributed by atoms with van der Waals surface area (Å²) >= 11 is 0. The van der Waals surface area contributed by atoms with Crippen molar-refractivity contribution in [3.8, 4) is 5.75 Å². The van der Waals surface area contributed by atoms with E-state index in [2.05, 4.69) is 52.3 Å². The molecule has 0 saturated carbocycles. The molecule has 4 nitrogen and oxygen atoms in total. The van der Waals surface area contributed by atoms with E-state index in [0.29, 0.717) is 5.75 Å². The summed E-state index contributed by atoms with van der Waals surface area (Å²) in [6.07, 6.45) is 4.41. The van der Waals surface area contributed by atoms with Crippen LogP contribution in [-0.4, -0.2) is 43.6 Å². The summed E-state index contributed by atoms with van der Waals surface area (Å²) in [6.45, 7) is 6.86. The van der Waals surface area contributed by atoms with Crippen LogP contribution in [0.5, 0.6) is 5.75 Å². The van der Waals surface area contributed by atoms with E-state index in [4.69, 9.17) is 4.74 Å². The molecule has 0 spiro atoms. The Kier molecular flexibility index (Phi) is 5.26. The van der Waals surface area contributed by atoms with Gasteiger partial charge >= 0.3 is 5.97 Å². The minimum Gasteiger partial charge on any atom is -0.427 e. The number of nitrogens with zero attached hydrogens (tertiary/aromatic N) is 2. The van der Waals surface area contributed by atoms with Crippen molar-refractivity contribution in [2.75, 3.05) is 37.6 Å². The topological polar surface area (TPSA) is 32.8 Å². The first-order chi connectivity index (χ1) is 13.2. The van der Waals surface area contributed by atoms with Crippen molar-refractivity contribution in [3.05, 3.63) is 65.2 Å². The summed E-state index contributed by atoms with van der Waals surface area (Å²) in [7, 11) is 0. The van der Waals surface area contributed by atoms with Gasteiger partial charge in [-0.25, -0.2) is 0 Å². The summed E-state index contributed by atoms with van der Waals surface area (Å²) in [5.41, 5.74) is 5.35. The van der Waals surface area contributed by atoms with E-state index in [0.717, 1.165) is 45.6 Å². The third-order valence-electron chi connectivity index (χ3n) is 5.37. The Hall–Kier alpha value is -2.59. The Labute approximate surface area is 161 Å². The van der Waals surface area contributed by atoms with Gasteiger partial charge in [-0.2, -0.15) is 0 Å². The van der Waals surface area contributed by atoms with Gasteiger partial charge in [-0.15, -0.1) is 0 Å². The number of carbonyl (C=O) groups excluding carboxylic acids is 1. The number of fused-ring (bicyclic) bond motifs is 1. The quantitative estimate of drug-likeness (QED) is 0.612. The number of rotatable bonds is 4. The highest BCUT2D eigenvalue weighted by molar-refractivity contribution is 5.70. The first-order valence-electron chi connectivity index (χ1n) is 9.70. The molecular formula is C23H26N2O2. The molecule has 0 unspecified atom stereocenters. The molecule has 0 amide bonds. The molecule has 0 atom stereocenters. The number of piperazine rings is 1. The van der Waals surface area contributed by atoms with E-state index in [1.165, 1.54) is 29.3 Å². The molecule has 1 aliphatic heterocycles. The summed E-state index contributed by atoms with van der Waals surface area (Å²) in [6, 6.07) is 16.6. The molecular weight excluding hydrogens is 336 g/mol. The first-order valence-corrected chi connectivity index (χ1v) is 9.70. The summed E-state index contributed by atoms with van der Waals surface area (Å²) in [5.74, 6) is 0.381. The Balaban J connectivity index is 1.36. The van der Waals surface area contributed by atoms with Crippen LogP contribution in [0.15, 0.2) is 54.1 Å². The van der Waals surface area contributed by atoms with Crippen LogP contribution in [0.4, 0.5) is 5.69 Å². The summed E-state index contributed by atoms with van der Waals surface area (Å²) in [5, 5.41) is 0. The van der Waals surface area contributed by atoms with Crippen molar-refractivity contribution in [2.45, 2.75) is 19.8 Å². The van der Waals surface area contributed by atoms with Gasteiger partial charge in [0, 0.05) is 45.3 Å². The highest BCUT2D eigenvalue weighted by Crippen LogP contribution is 2.28. The van der Waals surface area contributed by atoms with Crippen molar-refractivity contribution in [1.29, 1.82) is 0 Å². The van der Waals surface area contributed by atoms with E-state index < -0.39 is 0 Å². The maximum absolute atomic E-state index is 11.1. The van der Waals surface area contributed by atoms with Crippen LogP contribution in [0.3, 0.4) is 0 Å². The van der Waals surface area contributed by atoms with Gasteiger partial charge in [0.05, 0.1) is 0 Å². The number of carbonyl (C=O) groups is 1. The Morgan fingerprint density at radius 3 is 2.52 bits per heavy atom. The lowest BCUT2D eigenvalue weighted by molar-refractivity contribution is -0.131. The van der Waals surface area contributed by atoms with Crippen molar-refractivity contribution in [1.82, 2.24) is 4.90 Å². The fourth-order valence-electron chi connectivity index (χ4n) is 3.97. The molecule has 0 radical (unpaired) electrons. The molecule has 1 saturated heterocycles. The van der Waals surface area contributed by atoms with E-state index >= 15 is 0 Å². The molecule has 27 heavy (non-hydrogen) atoms. The van der Waals surface area contributed by atoms with Crippen LogP contribution in [-0.2, 0) is 11.2 Å². The largest absolute Gasteiger partial charge is 0.427 e. The fraction of sp³-hybridized carbons (Fsp3) is 0.348. The molecule has 1 fully saturated rings. The lowest BCUT2D eigenvalue weighted by Crippen LogP contribution is -2.47. The molecule has 1 heterocycles. The molecule has 0 bridgehead atoms. The Morgan fingerprint density at radius 2 is 1.78 bits per heavy atom. The highest BCUT2D eigenvalue weighted by atomic mass is 16.5. The minimum atomic E-state index is -0.267. The second kappa shape index (κ2) is 7.97. The Bertz CT molecular complexity index is 837. The molecule has 1 aliphatic carbocycles. The zero-order chi connectivity index (χ0) is 18.6. The van der Waals surface area contributed by atoms with Crippen molar-refractivity contribution in [3.63, 3.8) is 0 Å². The predicted molar refractivity (Wildman–Crippen MR) is 109 cm³/mol. The smallest absolute Gasteiger partial charge is 0.308 e. The number of anilines is 1. The van der Waals surface area contributed by atoms with Crippen LogP contribution in [0.2, 0.25) is 0 Å². The molecule has 0 N–H and O–H groups in total. The van der Waals surface area contributed by atoms with Gasteiger partial charge < -0.3 is 9.64 Å². The third-order valence-corrected chi connectivity index (χ3v) is 5.37. The van der Waals surface area contributed by atoms with Gasteiger partial charge in [-0.1, -0.05) is 35.9 Å². The molecule has 2 aromatic rings. The zero-order valence-electron chi connectivity index (χ0n) is 15.9. The maximum Gasteiger partial charge on any atom is 0.308 e. The molecule has 140 valence electrons. The van der Waals surface area contributed by atoms with Gasteiger partial charge in [0.2, 0.25) is 0 Å². The van der Waals surface area contributed by atoms with Gasteiger partial charge in [-0.3, -0.25) is 9.69 Å². The van der Waals surface area contributed by atoms with Gasteiger partial charge in [0.25, 0.3) is 0 Å². The maximum atomic E-state index is 11.1. The predicted octanol–water partition coefficient (Wildman–Crippen LogP) is 3.76. The molecule has 4 rings (SSSR count). The van der Waals surface area contributed by atoms with E-state index in [-0.39, 0.29) is 5.97 Å². The standard InChI is InChI=1S/C23H26N2O2/c1-18(26)27-23-10-9-20-15-19(7-8-21(20)16-23)17-24-11-13-25(14-12-24)22-5-3-2-4-6-22/h2-6,9-10,15-16H,7-8,11-14,17H2,1H3. The average molecular weight is 362 g/mol. The summed E-state index contributed by atoms with van der Waals surface area (Å²) in [4.78, 5) is 16.2. The number of para-hydroxylation sites is 1. The molecule has 4 heteroatoms. The minimum absolute atomic E-state index is 0.267. The SMILES string of the molecule is CC(=O)Oc1ccc2c(c1)CCC(CN1CCN(c3ccccc3)CC1)=C2. The second-order valence-corrected chi connectivity index (χ2v) is 7.36. The van der Waals surface area contributed by atoms with Gasteiger partial charge in [-0.05, 0) is 48.2 Å². The van der Waals surface area contributed by atoms with Crippen LogP contribution < -0.4 is 9.64 Å². The number of hydrogen-bond donors (Lipinski definition) is 0. The number of benzene rings is 2. The second-order valence-electron chi connectivity index (χ2n) is 7.36. The Morgan fingerprint density at radius 1 is 1.00 bits per heavy atom. The summed E-state index contributed by atoms with van der Waals surface area (Å²) < 4.78 is 5.20. The monoisotopic (exact) mass is 362 g/mol. The fourth-order valence-corrected chi connectivity index (χ4v) is 3.97. The number of ether oxygens (including phenoxy) is 1. The van der Waals surface area contributed by atoms with Gasteiger partial charge in [0.15, 0.2) is 0 Å². The lowest BCUT2D eigenvalue weighted by atomic mass is 9.91. The number of esters is 1. The van der Waals surface area contributed by atoms with Crippen molar-refractivity contribution >= 4 is 17.7 Å². The van der Waals surface area contributed by atoms with Crippen LogP contribution in [0.1, 0.15) is 24.5 Å². The molecule has 2 aromatic carbocycles. The number of aryl methyl sites for hydroxylation is 1.